The predicted molar refractivity (Wildman–Crippen MR) is 71.0 cm³/mol. The Bertz CT molecular complexity index is 456. The Kier molecular flexibility index (Phi) is 2.83. The van der Waals surface area contributed by atoms with E-state index in [0.717, 1.165) is 38.2 Å². The number of hydrogen-bond donors (Lipinski definition) is 1. The summed E-state index contributed by atoms with van der Waals surface area (Å²) in [5.74, 6) is 1.04. The lowest BCUT2D eigenvalue weighted by atomic mass is 10.1. The van der Waals surface area contributed by atoms with Gasteiger partial charge in [0, 0.05) is 26.1 Å². The zero-order valence-electron chi connectivity index (χ0n) is 11.1. The van der Waals surface area contributed by atoms with E-state index in [2.05, 4.69) is 30.0 Å². The Hall–Kier alpha value is -1.06. The zero-order chi connectivity index (χ0) is 12.8. The van der Waals surface area contributed by atoms with Crippen LogP contribution in [0.2, 0.25) is 0 Å². The van der Waals surface area contributed by atoms with Crippen LogP contribution in [0.3, 0.4) is 0 Å². The summed E-state index contributed by atoms with van der Waals surface area (Å²) < 4.78 is 5.97. The Morgan fingerprint density at radius 3 is 3.06 bits per heavy atom. The minimum Gasteiger partial charge on any atom is -0.488 e. The number of rotatable bonds is 2. The largest absolute Gasteiger partial charge is 0.488 e. The van der Waals surface area contributed by atoms with Gasteiger partial charge in [-0.15, -0.1) is 0 Å². The van der Waals surface area contributed by atoms with Crippen LogP contribution in [-0.4, -0.2) is 41.3 Å². The second-order valence-corrected chi connectivity index (χ2v) is 6.04. The molecule has 0 saturated carbocycles. The molecule has 2 heterocycles. The molecule has 3 heteroatoms. The van der Waals surface area contributed by atoms with Gasteiger partial charge < -0.3 is 9.84 Å². The molecular weight excluding hydrogens is 226 g/mol. The first-order valence-corrected chi connectivity index (χ1v) is 6.73. The van der Waals surface area contributed by atoms with E-state index in [4.69, 9.17) is 4.74 Å². The second-order valence-electron chi connectivity index (χ2n) is 6.04. The van der Waals surface area contributed by atoms with E-state index in [1.807, 2.05) is 6.92 Å². The summed E-state index contributed by atoms with van der Waals surface area (Å²) >= 11 is 0. The van der Waals surface area contributed by atoms with Gasteiger partial charge in [0.15, 0.2) is 0 Å². The molecule has 0 spiro atoms. The fourth-order valence-corrected chi connectivity index (χ4v) is 3.03. The van der Waals surface area contributed by atoms with Crippen molar-refractivity contribution in [2.75, 3.05) is 19.6 Å². The molecule has 0 aromatic heterocycles. The Morgan fingerprint density at radius 1 is 1.50 bits per heavy atom. The number of β-amino-alcohol motifs (C(OH)–C–C–N with tert-alkyl or cyclic N) is 1. The number of aliphatic hydroxyl groups is 1. The van der Waals surface area contributed by atoms with Crippen LogP contribution >= 0.6 is 0 Å². The van der Waals surface area contributed by atoms with Gasteiger partial charge in [0.2, 0.25) is 0 Å². The molecule has 0 aliphatic carbocycles. The van der Waals surface area contributed by atoms with Gasteiger partial charge >= 0.3 is 0 Å². The molecule has 0 amide bonds. The van der Waals surface area contributed by atoms with E-state index in [9.17, 15) is 5.11 Å². The van der Waals surface area contributed by atoms with Crippen LogP contribution < -0.4 is 4.74 Å². The number of hydrogen-bond acceptors (Lipinski definition) is 3. The summed E-state index contributed by atoms with van der Waals surface area (Å²) in [6.45, 7) is 6.69. The fraction of sp³-hybridized carbons (Fsp3) is 0.600. The lowest BCUT2D eigenvalue weighted by Crippen LogP contribution is -2.36. The van der Waals surface area contributed by atoms with Crippen LogP contribution in [0.4, 0.5) is 0 Å². The summed E-state index contributed by atoms with van der Waals surface area (Å²) in [6.07, 6.45) is 2.11. The number of benzene rings is 1. The third-order valence-corrected chi connectivity index (χ3v) is 3.95. The summed E-state index contributed by atoms with van der Waals surface area (Å²) in [5, 5.41) is 9.97. The molecule has 3 rings (SSSR count). The van der Waals surface area contributed by atoms with Crippen molar-refractivity contribution in [3.63, 3.8) is 0 Å². The average Bonchev–Trinajstić information content (AvgIpc) is 2.81. The predicted octanol–water partition coefficient (Wildman–Crippen LogP) is 1.76. The van der Waals surface area contributed by atoms with Crippen LogP contribution in [0.5, 0.6) is 5.75 Å². The highest BCUT2D eigenvalue weighted by Crippen LogP contribution is 2.30. The Labute approximate surface area is 108 Å². The highest BCUT2D eigenvalue weighted by atomic mass is 16.5. The topological polar surface area (TPSA) is 32.7 Å². The van der Waals surface area contributed by atoms with Gasteiger partial charge in [0.25, 0.3) is 0 Å². The maximum atomic E-state index is 9.97. The summed E-state index contributed by atoms with van der Waals surface area (Å²) in [4.78, 5) is 2.31. The van der Waals surface area contributed by atoms with E-state index < -0.39 is 5.60 Å². The van der Waals surface area contributed by atoms with Crippen molar-refractivity contribution in [2.45, 2.75) is 38.4 Å². The van der Waals surface area contributed by atoms with Crippen LogP contribution in [0.1, 0.15) is 24.5 Å². The molecule has 1 saturated heterocycles. The van der Waals surface area contributed by atoms with Gasteiger partial charge in [-0.25, -0.2) is 0 Å². The quantitative estimate of drug-likeness (QED) is 0.864. The molecular formula is C15H21NO2. The number of likely N-dealkylation sites (tertiary alicyclic amines) is 1. The molecule has 98 valence electrons. The zero-order valence-corrected chi connectivity index (χ0v) is 11.1. The molecule has 1 N–H and O–H groups in total. The Balaban J connectivity index is 1.61. The monoisotopic (exact) mass is 247 g/mol. The van der Waals surface area contributed by atoms with Crippen LogP contribution in [0.25, 0.3) is 0 Å². The molecule has 2 unspecified atom stereocenters. The van der Waals surface area contributed by atoms with E-state index in [1.54, 1.807) is 0 Å². The maximum Gasteiger partial charge on any atom is 0.123 e. The van der Waals surface area contributed by atoms with Crippen molar-refractivity contribution in [3.05, 3.63) is 29.3 Å². The van der Waals surface area contributed by atoms with Gasteiger partial charge in [0.1, 0.15) is 11.9 Å². The van der Waals surface area contributed by atoms with Gasteiger partial charge in [0.05, 0.1) is 5.60 Å². The first-order chi connectivity index (χ1) is 8.52. The maximum absolute atomic E-state index is 9.97. The standard InChI is InChI=1S/C15H21NO2/c1-11-3-4-14-12(7-11)8-13(18-14)9-16-6-5-15(2,17)10-16/h3-4,7,13,17H,5-6,8-10H2,1-2H3. The van der Waals surface area contributed by atoms with Gasteiger partial charge in [-0.3, -0.25) is 4.90 Å². The van der Waals surface area contributed by atoms with Gasteiger partial charge in [-0.2, -0.15) is 0 Å². The van der Waals surface area contributed by atoms with Crippen molar-refractivity contribution < 1.29 is 9.84 Å². The van der Waals surface area contributed by atoms with Crippen molar-refractivity contribution in [1.82, 2.24) is 4.90 Å². The third-order valence-electron chi connectivity index (χ3n) is 3.95. The lowest BCUT2D eigenvalue weighted by molar-refractivity contribution is 0.0629. The van der Waals surface area contributed by atoms with Gasteiger partial charge in [-0.1, -0.05) is 17.7 Å². The number of aryl methyl sites for hydroxylation is 1. The van der Waals surface area contributed by atoms with Crippen LogP contribution in [-0.2, 0) is 6.42 Å². The molecule has 0 radical (unpaired) electrons. The first kappa shape index (κ1) is 12.0. The average molecular weight is 247 g/mol. The molecule has 18 heavy (non-hydrogen) atoms. The smallest absolute Gasteiger partial charge is 0.123 e. The fourth-order valence-electron chi connectivity index (χ4n) is 3.03. The van der Waals surface area contributed by atoms with E-state index in [0.29, 0.717) is 0 Å². The SMILES string of the molecule is Cc1ccc2c(c1)CC(CN1CCC(C)(O)C1)O2. The molecule has 1 aromatic carbocycles. The summed E-state index contributed by atoms with van der Waals surface area (Å²) in [5.41, 5.74) is 2.11. The number of fused-ring (bicyclic) bond motifs is 1. The van der Waals surface area contributed by atoms with Crippen LogP contribution in [0, 0.1) is 6.92 Å². The highest BCUT2D eigenvalue weighted by molar-refractivity contribution is 5.40. The summed E-state index contributed by atoms with van der Waals surface area (Å²) in [6, 6.07) is 6.39. The third kappa shape index (κ3) is 2.38. The van der Waals surface area contributed by atoms with Crippen molar-refractivity contribution in [3.8, 4) is 5.75 Å². The van der Waals surface area contributed by atoms with Crippen LogP contribution in [0.15, 0.2) is 18.2 Å². The number of ether oxygens (including phenoxy) is 1. The minimum atomic E-state index is -0.512. The molecule has 1 aromatic rings. The van der Waals surface area contributed by atoms with E-state index >= 15 is 0 Å². The molecule has 2 aliphatic rings. The molecule has 0 bridgehead atoms. The van der Waals surface area contributed by atoms with E-state index in [1.165, 1.54) is 11.1 Å². The highest BCUT2D eigenvalue weighted by Gasteiger charge is 2.34. The van der Waals surface area contributed by atoms with E-state index in [-0.39, 0.29) is 6.10 Å². The van der Waals surface area contributed by atoms with Crippen molar-refractivity contribution in [1.29, 1.82) is 0 Å². The first-order valence-electron chi connectivity index (χ1n) is 6.73. The van der Waals surface area contributed by atoms with Gasteiger partial charge in [-0.05, 0) is 31.9 Å². The molecule has 1 fully saturated rings. The molecule has 2 aliphatic heterocycles. The summed E-state index contributed by atoms with van der Waals surface area (Å²) in [7, 11) is 0. The minimum absolute atomic E-state index is 0.246. The molecule has 3 nitrogen and oxygen atoms in total. The molecule has 2 atom stereocenters. The normalized spacial score (nSPS) is 31.4. The van der Waals surface area contributed by atoms with Crippen molar-refractivity contribution in [2.24, 2.45) is 0 Å². The number of nitrogens with zero attached hydrogens (tertiary/aromatic N) is 1. The Morgan fingerprint density at radius 2 is 2.33 bits per heavy atom. The van der Waals surface area contributed by atoms with Crippen molar-refractivity contribution >= 4 is 0 Å². The lowest BCUT2D eigenvalue weighted by Gasteiger charge is -2.21. The second kappa shape index (κ2) is 4.25.